The van der Waals surface area contributed by atoms with Gasteiger partial charge in [-0.05, 0) is 30.3 Å². The third-order valence-electron chi connectivity index (χ3n) is 4.70. The van der Waals surface area contributed by atoms with Crippen LogP contribution in [0.15, 0.2) is 96.2 Å². The normalized spacial score (nSPS) is 10.8. The Balaban J connectivity index is 1.44. The molecule has 0 aliphatic heterocycles. The van der Waals surface area contributed by atoms with Crippen LogP contribution in [0.3, 0.4) is 0 Å². The first-order chi connectivity index (χ1) is 16.1. The molecule has 0 saturated carbocycles. The standard InChI is InChI=1S/C25H20ClN5O2/c26-21-11-7-10-19(14-21)25(33)27-16-23(32)29-28-15-20-17-31(22-12-5-2-6-13-22)30-24(20)18-8-3-1-4-9-18/h1-15,17H,16H2,(H,27,33)(H,29,32)/b28-15-. The first-order valence-electron chi connectivity index (χ1n) is 10.2. The summed E-state index contributed by atoms with van der Waals surface area (Å²) in [6, 6.07) is 25.9. The van der Waals surface area contributed by atoms with Crippen molar-refractivity contribution < 1.29 is 9.59 Å². The van der Waals surface area contributed by atoms with Crippen LogP contribution in [0.25, 0.3) is 16.9 Å². The van der Waals surface area contributed by atoms with Gasteiger partial charge in [0, 0.05) is 27.9 Å². The lowest BCUT2D eigenvalue weighted by Gasteiger charge is -2.04. The Morgan fingerprint density at radius 2 is 1.70 bits per heavy atom. The van der Waals surface area contributed by atoms with Gasteiger partial charge >= 0.3 is 0 Å². The number of para-hydroxylation sites is 1. The Hall–Kier alpha value is -4.23. The van der Waals surface area contributed by atoms with Gasteiger partial charge in [-0.25, -0.2) is 10.1 Å². The minimum absolute atomic E-state index is 0.225. The summed E-state index contributed by atoms with van der Waals surface area (Å²) in [7, 11) is 0. The number of halogens is 1. The molecule has 0 spiro atoms. The van der Waals surface area contributed by atoms with Crippen molar-refractivity contribution in [3.63, 3.8) is 0 Å². The van der Waals surface area contributed by atoms with Gasteiger partial charge in [0.1, 0.15) is 5.69 Å². The van der Waals surface area contributed by atoms with E-state index >= 15 is 0 Å². The molecule has 2 N–H and O–H groups in total. The number of hydrogen-bond donors (Lipinski definition) is 2. The molecule has 0 atom stereocenters. The lowest BCUT2D eigenvalue weighted by Crippen LogP contribution is -2.34. The molecule has 1 heterocycles. The number of nitrogens with zero attached hydrogens (tertiary/aromatic N) is 3. The molecule has 0 radical (unpaired) electrons. The number of aromatic nitrogens is 2. The van der Waals surface area contributed by atoms with Crippen molar-refractivity contribution in [2.45, 2.75) is 0 Å². The average Bonchev–Trinajstić information content (AvgIpc) is 3.28. The van der Waals surface area contributed by atoms with E-state index in [9.17, 15) is 9.59 Å². The predicted octanol–water partition coefficient (Wildman–Crippen LogP) is 4.07. The van der Waals surface area contributed by atoms with Crippen LogP contribution in [0, 0.1) is 0 Å². The summed E-state index contributed by atoms with van der Waals surface area (Å²) in [6.45, 7) is -0.225. The van der Waals surface area contributed by atoms with Crippen molar-refractivity contribution in [1.82, 2.24) is 20.5 Å². The van der Waals surface area contributed by atoms with E-state index in [0.29, 0.717) is 10.6 Å². The summed E-state index contributed by atoms with van der Waals surface area (Å²) >= 11 is 5.89. The lowest BCUT2D eigenvalue weighted by molar-refractivity contribution is -0.120. The Morgan fingerprint density at radius 3 is 2.42 bits per heavy atom. The van der Waals surface area contributed by atoms with Crippen LogP contribution < -0.4 is 10.7 Å². The molecule has 3 aromatic carbocycles. The SMILES string of the molecule is O=C(CNC(=O)c1cccc(Cl)c1)N/N=C\c1cn(-c2ccccc2)nc1-c1ccccc1. The van der Waals surface area contributed by atoms with Gasteiger partial charge in [-0.2, -0.15) is 10.2 Å². The molecule has 0 saturated heterocycles. The number of carbonyl (C=O) groups is 2. The van der Waals surface area contributed by atoms with Crippen molar-refractivity contribution in [2.75, 3.05) is 6.54 Å². The van der Waals surface area contributed by atoms with Gasteiger partial charge in [-0.15, -0.1) is 0 Å². The van der Waals surface area contributed by atoms with Crippen molar-refractivity contribution in [3.8, 4) is 16.9 Å². The summed E-state index contributed by atoms with van der Waals surface area (Å²) in [5.41, 5.74) is 6.09. The maximum absolute atomic E-state index is 12.1. The molecule has 0 fully saturated rings. The summed E-state index contributed by atoms with van der Waals surface area (Å²) in [5.74, 6) is -0.856. The van der Waals surface area contributed by atoms with E-state index in [4.69, 9.17) is 16.7 Å². The van der Waals surface area contributed by atoms with Crippen molar-refractivity contribution in [1.29, 1.82) is 0 Å². The number of hydrazone groups is 1. The summed E-state index contributed by atoms with van der Waals surface area (Å²) in [6.07, 6.45) is 3.37. The maximum atomic E-state index is 12.1. The average molecular weight is 458 g/mol. The van der Waals surface area contributed by atoms with Crippen LogP contribution in [0.1, 0.15) is 15.9 Å². The van der Waals surface area contributed by atoms with E-state index in [-0.39, 0.29) is 6.54 Å². The van der Waals surface area contributed by atoms with Crippen LogP contribution >= 0.6 is 11.6 Å². The molecule has 0 aliphatic rings. The second-order valence-electron chi connectivity index (χ2n) is 7.07. The third kappa shape index (κ3) is 5.72. The minimum Gasteiger partial charge on any atom is -0.343 e. The third-order valence-corrected chi connectivity index (χ3v) is 4.93. The second-order valence-corrected chi connectivity index (χ2v) is 7.50. The number of rotatable bonds is 7. The van der Waals surface area contributed by atoms with Gasteiger partial charge in [0.05, 0.1) is 18.4 Å². The molecule has 0 aliphatic carbocycles. The van der Waals surface area contributed by atoms with Crippen LogP contribution in [0.2, 0.25) is 5.02 Å². The van der Waals surface area contributed by atoms with Gasteiger partial charge in [-0.1, -0.05) is 66.2 Å². The summed E-state index contributed by atoms with van der Waals surface area (Å²) in [4.78, 5) is 24.3. The zero-order chi connectivity index (χ0) is 23.0. The van der Waals surface area contributed by atoms with Crippen LogP contribution in [0.5, 0.6) is 0 Å². The van der Waals surface area contributed by atoms with E-state index in [1.165, 1.54) is 12.3 Å². The zero-order valence-corrected chi connectivity index (χ0v) is 18.2. The predicted molar refractivity (Wildman–Crippen MR) is 129 cm³/mol. The lowest BCUT2D eigenvalue weighted by atomic mass is 10.1. The van der Waals surface area contributed by atoms with Gasteiger partial charge < -0.3 is 5.32 Å². The van der Waals surface area contributed by atoms with Gasteiger partial charge in [-0.3, -0.25) is 9.59 Å². The van der Waals surface area contributed by atoms with E-state index in [2.05, 4.69) is 15.8 Å². The fourth-order valence-electron chi connectivity index (χ4n) is 3.12. The second kappa shape index (κ2) is 10.4. The van der Waals surface area contributed by atoms with Crippen molar-refractivity contribution in [3.05, 3.63) is 107 Å². The molecular formula is C25H20ClN5O2. The largest absolute Gasteiger partial charge is 0.343 e. The van der Waals surface area contributed by atoms with E-state index in [1.54, 1.807) is 22.9 Å². The summed E-state index contributed by atoms with van der Waals surface area (Å²) < 4.78 is 1.76. The van der Waals surface area contributed by atoms with Crippen molar-refractivity contribution >= 4 is 29.6 Å². The van der Waals surface area contributed by atoms with Crippen LogP contribution in [-0.4, -0.2) is 34.4 Å². The molecule has 4 rings (SSSR count). The Morgan fingerprint density at radius 1 is 0.970 bits per heavy atom. The van der Waals surface area contributed by atoms with Gasteiger partial charge in [0.2, 0.25) is 0 Å². The molecule has 33 heavy (non-hydrogen) atoms. The highest BCUT2D eigenvalue weighted by atomic mass is 35.5. The van der Waals surface area contributed by atoms with Gasteiger partial charge in [0.25, 0.3) is 11.8 Å². The molecule has 1 aromatic heterocycles. The van der Waals surface area contributed by atoms with Gasteiger partial charge in [0.15, 0.2) is 0 Å². The molecule has 0 unspecified atom stereocenters. The summed E-state index contributed by atoms with van der Waals surface area (Å²) in [5, 5.41) is 11.7. The number of benzene rings is 3. The number of hydrogen-bond acceptors (Lipinski definition) is 4. The van der Waals surface area contributed by atoms with E-state index in [0.717, 1.165) is 22.5 Å². The number of carbonyl (C=O) groups excluding carboxylic acids is 2. The smallest absolute Gasteiger partial charge is 0.259 e. The fraction of sp³-hybridized carbons (Fsp3) is 0.0400. The Labute approximate surface area is 195 Å². The first kappa shape index (κ1) is 22.0. The zero-order valence-electron chi connectivity index (χ0n) is 17.5. The highest BCUT2D eigenvalue weighted by Crippen LogP contribution is 2.22. The molecule has 164 valence electrons. The molecule has 8 heteroatoms. The quantitative estimate of drug-likeness (QED) is 0.324. The van der Waals surface area contributed by atoms with Crippen LogP contribution in [0.4, 0.5) is 0 Å². The minimum atomic E-state index is -0.460. The molecule has 2 amide bonds. The van der Waals surface area contributed by atoms with E-state index in [1.807, 2.05) is 66.9 Å². The monoisotopic (exact) mass is 457 g/mol. The van der Waals surface area contributed by atoms with Crippen LogP contribution in [-0.2, 0) is 4.79 Å². The van der Waals surface area contributed by atoms with Crippen molar-refractivity contribution in [2.24, 2.45) is 5.10 Å². The molecular weight excluding hydrogens is 438 g/mol. The topological polar surface area (TPSA) is 88.4 Å². The first-order valence-corrected chi connectivity index (χ1v) is 10.5. The highest BCUT2D eigenvalue weighted by molar-refractivity contribution is 6.31. The maximum Gasteiger partial charge on any atom is 0.259 e. The number of nitrogens with one attached hydrogen (secondary N) is 2. The van der Waals surface area contributed by atoms with E-state index < -0.39 is 11.8 Å². The molecule has 7 nitrogen and oxygen atoms in total. The Kier molecular flexibility index (Phi) is 6.92. The molecule has 4 aromatic rings. The molecule has 0 bridgehead atoms. The fourth-order valence-corrected chi connectivity index (χ4v) is 3.31. The number of amides is 2. The Bertz CT molecular complexity index is 1290. The highest BCUT2D eigenvalue weighted by Gasteiger charge is 2.11.